The normalized spacial score (nSPS) is 10.3. The average Bonchev–Trinajstić information content (AvgIpc) is 2.64. The highest BCUT2D eigenvalue weighted by molar-refractivity contribution is 7.14. The van der Waals surface area contributed by atoms with E-state index in [2.05, 4.69) is 10.2 Å². The van der Waals surface area contributed by atoms with Crippen LogP contribution < -0.4 is 0 Å². The zero-order valence-electron chi connectivity index (χ0n) is 7.90. The minimum atomic E-state index is 0.540. The van der Waals surface area contributed by atoms with E-state index >= 15 is 0 Å². The monoisotopic (exact) mass is 238 g/mol. The van der Waals surface area contributed by atoms with Crippen molar-refractivity contribution >= 4 is 29.2 Å². The van der Waals surface area contributed by atoms with Gasteiger partial charge in [-0.3, -0.25) is 4.79 Å². The number of aryl methyl sites for hydroxylation is 1. The van der Waals surface area contributed by atoms with Crippen molar-refractivity contribution in [2.24, 2.45) is 0 Å². The highest BCUT2D eigenvalue weighted by Crippen LogP contribution is 2.27. The number of hydrogen-bond donors (Lipinski definition) is 0. The summed E-state index contributed by atoms with van der Waals surface area (Å²) in [5.41, 5.74) is 1.32. The van der Waals surface area contributed by atoms with Crippen molar-refractivity contribution in [1.82, 2.24) is 10.2 Å². The van der Waals surface area contributed by atoms with E-state index in [1.165, 1.54) is 11.3 Å². The van der Waals surface area contributed by atoms with E-state index in [0.29, 0.717) is 10.6 Å². The third-order valence-corrected chi connectivity index (χ3v) is 3.00. The third kappa shape index (κ3) is 2.06. The number of aldehydes is 1. The zero-order valence-corrected chi connectivity index (χ0v) is 9.47. The minimum Gasteiger partial charge on any atom is -0.298 e. The summed E-state index contributed by atoms with van der Waals surface area (Å²) in [5.74, 6) is 0. The molecule has 0 radical (unpaired) electrons. The summed E-state index contributed by atoms with van der Waals surface area (Å²) >= 11 is 7.25. The molecule has 0 atom stereocenters. The van der Waals surface area contributed by atoms with Crippen molar-refractivity contribution < 1.29 is 4.79 Å². The fraction of sp³-hybridized carbons (Fsp3) is 0.100. The summed E-state index contributed by atoms with van der Waals surface area (Å²) in [7, 11) is 0. The number of hydrogen-bond acceptors (Lipinski definition) is 4. The predicted octanol–water partition coefficient (Wildman–Crippen LogP) is 2.98. The Morgan fingerprint density at radius 2 is 2.20 bits per heavy atom. The lowest BCUT2D eigenvalue weighted by atomic mass is 10.1. The van der Waals surface area contributed by atoms with Gasteiger partial charge in [-0.05, 0) is 25.1 Å². The fourth-order valence-corrected chi connectivity index (χ4v) is 2.15. The van der Waals surface area contributed by atoms with Crippen molar-refractivity contribution in [3.8, 4) is 10.6 Å². The van der Waals surface area contributed by atoms with Crippen LogP contribution in [0, 0.1) is 6.92 Å². The summed E-state index contributed by atoms with van der Waals surface area (Å²) in [6.07, 6.45) is 0.776. The van der Waals surface area contributed by atoms with Gasteiger partial charge in [0.05, 0.1) is 0 Å². The molecule has 0 aliphatic rings. The molecule has 3 nitrogen and oxygen atoms in total. The number of carbonyl (C=O) groups is 1. The highest BCUT2D eigenvalue weighted by Gasteiger charge is 2.09. The van der Waals surface area contributed by atoms with Gasteiger partial charge >= 0.3 is 0 Å². The summed E-state index contributed by atoms with van der Waals surface area (Å²) in [5, 5.41) is 10.1. The van der Waals surface area contributed by atoms with E-state index in [-0.39, 0.29) is 0 Å². The molecule has 0 aliphatic carbocycles. The molecule has 1 aromatic carbocycles. The van der Waals surface area contributed by atoms with Crippen LogP contribution in [0.25, 0.3) is 10.6 Å². The van der Waals surface area contributed by atoms with Gasteiger partial charge in [-0.1, -0.05) is 22.9 Å². The Morgan fingerprint density at radius 3 is 2.80 bits per heavy atom. The molecule has 1 heterocycles. The summed E-state index contributed by atoms with van der Waals surface area (Å²) in [6, 6.07) is 5.15. The van der Waals surface area contributed by atoms with Crippen molar-refractivity contribution in [3.63, 3.8) is 0 Å². The molecule has 2 rings (SSSR count). The van der Waals surface area contributed by atoms with Crippen LogP contribution in [0.15, 0.2) is 18.2 Å². The number of halogens is 1. The first kappa shape index (κ1) is 10.3. The van der Waals surface area contributed by atoms with Crippen LogP contribution in [0.5, 0.6) is 0 Å². The lowest BCUT2D eigenvalue weighted by Crippen LogP contribution is -1.86. The summed E-state index contributed by atoms with van der Waals surface area (Å²) in [6.45, 7) is 1.87. The molecule has 0 fully saturated rings. The molecule has 0 spiro atoms. The van der Waals surface area contributed by atoms with Crippen LogP contribution >= 0.6 is 22.9 Å². The Morgan fingerprint density at radius 1 is 1.40 bits per heavy atom. The second-order valence-corrected chi connectivity index (χ2v) is 4.59. The Bertz CT molecular complexity index is 510. The molecule has 5 heteroatoms. The van der Waals surface area contributed by atoms with Gasteiger partial charge in [0.2, 0.25) is 0 Å². The van der Waals surface area contributed by atoms with E-state index in [1.807, 2.05) is 6.92 Å². The van der Waals surface area contributed by atoms with Gasteiger partial charge in [0.25, 0.3) is 0 Å². The smallest absolute Gasteiger partial charge is 0.150 e. The van der Waals surface area contributed by atoms with Crippen LogP contribution in [-0.4, -0.2) is 16.5 Å². The summed E-state index contributed by atoms with van der Waals surface area (Å²) < 4.78 is 0. The van der Waals surface area contributed by atoms with E-state index < -0.39 is 0 Å². The van der Waals surface area contributed by atoms with Gasteiger partial charge < -0.3 is 0 Å². The Kier molecular flexibility index (Phi) is 2.79. The number of aromatic nitrogens is 2. The molecule has 0 bridgehead atoms. The molecule has 2 aromatic rings. The largest absolute Gasteiger partial charge is 0.298 e. The minimum absolute atomic E-state index is 0.540. The quantitative estimate of drug-likeness (QED) is 0.756. The topological polar surface area (TPSA) is 42.9 Å². The maximum atomic E-state index is 10.9. The SMILES string of the molecule is Cc1nnc(-c2ccc(Cl)cc2C=O)s1. The fourth-order valence-electron chi connectivity index (χ4n) is 1.23. The van der Waals surface area contributed by atoms with Gasteiger partial charge in [-0.2, -0.15) is 0 Å². The predicted molar refractivity (Wildman–Crippen MR) is 60.5 cm³/mol. The lowest BCUT2D eigenvalue weighted by Gasteiger charge is -1.99. The Labute approximate surface area is 95.7 Å². The van der Waals surface area contributed by atoms with E-state index in [9.17, 15) is 4.79 Å². The molecular weight excluding hydrogens is 232 g/mol. The van der Waals surface area contributed by atoms with Crippen molar-refractivity contribution in [3.05, 3.63) is 33.8 Å². The van der Waals surface area contributed by atoms with E-state index in [4.69, 9.17) is 11.6 Å². The number of nitrogens with zero attached hydrogens (tertiary/aromatic N) is 2. The van der Waals surface area contributed by atoms with Gasteiger partial charge in [0, 0.05) is 16.1 Å². The number of carbonyl (C=O) groups excluding carboxylic acids is 1. The van der Waals surface area contributed by atoms with E-state index in [1.54, 1.807) is 18.2 Å². The lowest BCUT2D eigenvalue weighted by molar-refractivity contribution is 0.112. The molecule has 1 aromatic heterocycles. The number of rotatable bonds is 2. The molecule has 15 heavy (non-hydrogen) atoms. The van der Waals surface area contributed by atoms with Crippen LogP contribution in [0.3, 0.4) is 0 Å². The van der Waals surface area contributed by atoms with Crippen LogP contribution in [0.4, 0.5) is 0 Å². The van der Waals surface area contributed by atoms with Gasteiger partial charge in [0.15, 0.2) is 6.29 Å². The number of benzene rings is 1. The maximum absolute atomic E-state index is 10.9. The van der Waals surface area contributed by atoms with Crippen molar-refractivity contribution in [2.75, 3.05) is 0 Å². The van der Waals surface area contributed by atoms with Crippen LogP contribution in [0.2, 0.25) is 5.02 Å². The first-order chi connectivity index (χ1) is 7.20. The van der Waals surface area contributed by atoms with Crippen LogP contribution in [-0.2, 0) is 0 Å². The molecule has 76 valence electrons. The first-order valence-electron chi connectivity index (χ1n) is 4.26. The maximum Gasteiger partial charge on any atom is 0.150 e. The third-order valence-electron chi connectivity index (χ3n) is 1.90. The van der Waals surface area contributed by atoms with Crippen molar-refractivity contribution in [2.45, 2.75) is 6.92 Å². The standard InChI is InChI=1S/C10H7ClN2OS/c1-6-12-13-10(15-6)9-3-2-8(11)4-7(9)5-14/h2-5H,1H3. The van der Waals surface area contributed by atoms with Gasteiger partial charge in [0.1, 0.15) is 10.0 Å². The van der Waals surface area contributed by atoms with E-state index in [0.717, 1.165) is 21.9 Å². The second kappa shape index (κ2) is 4.08. The average molecular weight is 239 g/mol. The molecule has 0 aliphatic heterocycles. The van der Waals surface area contributed by atoms with Crippen LogP contribution in [0.1, 0.15) is 15.4 Å². The molecular formula is C10H7ClN2OS. The first-order valence-corrected chi connectivity index (χ1v) is 5.45. The van der Waals surface area contributed by atoms with Gasteiger partial charge in [-0.15, -0.1) is 10.2 Å². The molecule has 0 amide bonds. The molecule has 0 saturated carbocycles. The molecule has 0 saturated heterocycles. The molecule has 0 unspecified atom stereocenters. The van der Waals surface area contributed by atoms with Gasteiger partial charge in [-0.25, -0.2) is 0 Å². The highest BCUT2D eigenvalue weighted by atomic mass is 35.5. The zero-order chi connectivity index (χ0) is 10.8. The Balaban J connectivity index is 2.57. The summed E-state index contributed by atoms with van der Waals surface area (Å²) in [4.78, 5) is 10.9. The molecule has 0 N–H and O–H groups in total. The second-order valence-electron chi connectivity index (χ2n) is 2.98. The van der Waals surface area contributed by atoms with Crippen molar-refractivity contribution in [1.29, 1.82) is 0 Å². The Hall–Kier alpha value is -1.26.